The standard InChI is InChI=1S/C10H10ClNO/c11-8-1-2-9-7(6-12)3-4-13-10(9)5-8/h1-3,5H,4,6,12H2. The van der Waals surface area contributed by atoms with E-state index in [9.17, 15) is 0 Å². The fourth-order valence-electron chi connectivity index (χ4n) is 1.42. The summed E-state index contributed by atoms with van der Waals surface area (Å²) in [5.41, 5.74) is 7.78. The molecule has 0 aliphatic carbocycles. The quantitative estimate of drug-likeness (QED) is 0.745. The number of nitrogens with two attached hydrogens (primary N) is 1. The van der Waals surface area contributed by atoms with Crippen molar-refractivity contribution < 1.29 is 4.74 Å². The summed E-state index contributed by atoms with van der Waals surface area (Å²) in [7, 11) is 0. The van der Waals surface area contributed by atoms with Crippen LogP contribution in [-0.4, -0.2) is 13.2 Å². The molecule has 0 saturated heterocycles. The maximum atomic E-state index is 5.84. The molecule has 0 spiro atoms. The Labute approximate surface area is 82.0 Å². The van der Waals surface area contributed by atoms with Gasteiger partial charge in [-0.25, -0.2) is 0 Å². The number of ether oxygens (including phenoxy) is 1. The van der Waals surface area contributed by atoms with Gasteiger partial charge in [-0.15, -0.1) is 0 Å². The van der Waals surface area contributed by atoms with Crippen molar-refractivity contribution in [2.75, 3.05) is 13.2 Å². The summed E-state index contributed by atoms with van der Waals surface area (Å²) in [6.07, 6.45) is 2.00. The highest BCUT2D eigenvalue weighted by molar-refractivity contribution is 6.30. The lowest BCUT2D eigenvalue weighted by atomic mass is 10.0. The molecule has 13 heavy (non-hydrogen) atoms. The van der Waals surface area contributed by atoms with Crippen LogP contribution in [0.15, 0.2) is 24.3 Å². The minimum Gasteiger partial charge on any atom is -0.489 e. The molecule has 1 aliphatic rings. The van der Waals surface area contributed by atoms with Crippen molar-refractivity contribution in [1.29, 1.82) is 0 Å². The molecule has 2 rings (SSSR count). The van der Waals surface area contributed by atoms with Gasteiger partial charge >= 0.3 is 0 Å². The summed E-state index contributed by atoms with van der Waals surface area (Å²) in [5.74, 6) is 0.829. The zero-order valence-electron chi connectivity index (χ0n) is 7.09. The maximum Gasteiger partial charge on any atom is 0.128 e. The molecule has 1 aromatic rings. The summed E-state index contributed by atoms with van der Waals surface area (Å²) in [5, 5.41) is 0.692. The van der Waals surface area contributed by atoms with E-state index in [4.69, 9.17) is 22.1 Å². The number of hydrogen-bond donors (Lipinski definition) is 1. The molecule has 1 aromatic carbocycles. The number of halogens is 1. The SMILES string of the molecule is NCC1=CCOc2cc(Cl)ccc21. The lowest BCUT2D eigenvalue weighted by molar-refractivity contribution is 0.357. The van der Waals surface area contributed by atoms with E-state index < -0.39 is 0 Å². The van der Waals surface area contributed by atoms with E-state index >= 15 is 0 Å². The number of fused-ring (bicyclic) bond motifs is 1. The van der Waals surface area contributed by atoms with Crippen LogP contribution in [0.2, 0.25) is 5.02 Å². The highest BCUT2D eigenvalue weighted by atomic mass is 35.5. The first-order chi connectivity index (χ1) is 6.31. The Bertz CT molecular complexity index is 360. The summed E-state index contributed by atoms with van der Waals surface area (Å²) in [6, 6.07) is 5.60. The molecule has 3 heteroatoms. The van der Waals surface area contributed by atoms with E-state index in [1.165, 1.54) is 0 Å². The second-order valence-corrected chi connectivity index (χ2v) is 3.32. The third kappa shape index (κ3) is 1.55. The fourth-order valence-corrected chi connectivity index (χ4v) is 1.58. The third-order valence-electron chi connectivity index (χ3n) is 2.08. The molecule has 0 saturated carbocycles. The van der Waals surface area contributed by atoms with Crippen LogP contribution in [0.5, 0.6) is 5.75 Å². The molecule has 0 fully saturated rings. The zero-order valence-corrected chi connectivity index (χ0v) is 7.84. The van der Waals surface area contributed by atoms with Crippen molar-refractivity contribution in [3.63, 3.8) is 0 Å². The van der Waals surface area contributed by atoms with Gasteiger partial charge in [-0.05, 0) is 29.8 Å². The highest BCUT2D eigenvalue weighted by Crippen LogP contribution is 2.31. The van der Waals surface area contributed by atoms with Gasteiger partial charge in [-0.3, -0.25) is 0 Å². The van der Waals surface area contributed by atoms with Crippen LogP contribution in [0.3, 0.4) is 0 Å². The van der Waals surface area contributed by atoms with Crippen LogP contribution in [0.1, 0.15) is 5.56 Å². The van der Waals surface area contributed by atoms with E-state index in [0.717, 1.165) is 16.9 Å². The van der Waals surface area contributed by atoms with Gasteiger partial charge in [0.25, 0.3) is 0 Å². The van der Waals surface area contributed by atoms with Crippen LogP contribution >= 0.6 is 11.6 Å². The Kier molecular flexibility index (Phi) is 2.25. The smallest absolute Gasteiger partial charge is 0.128 e. The van der Waals surface area contributed by atoms with Crippen molar-refractivity contribution in [2.45, 2.75) is 0 Å². The van der Waals surface area contributed by atoms with Crippen molar-refractivity contribution in [1.82, 2.24) is 0 Å². The second kappa shape index (κ2) is 3.40. The Morgan fingerprint density at radius 2 is 2.31 bits per heavy atom. The van der Waals surface area contributed by atoms with E-state index in [1.807, 2.05) is 24.3 Å². The molecule has 1 heterocycles. The predicted molar refractivity (Wildman–Crippen MR) is 54.0 cm³/mol. The summed E-state index contributed by atoms with van der Waals surface area (Å²) >= 11 is 5.84. The van der Waals surface area contributed by atoms with Crippen molar-refractivity contribution >= 4 is 17.2 Å². The van der Waals surface area contributed by atoms with Crippen LogP contribution in [0, 0.1) is 0 Å². The van der Waals surface area contributed by atoms with E-state index in [0.29, 0.717) is 18.2 Å². The van der Waals surface area contributed by atoms with Crippen molar-refractivity contribution in [3.05, 3.63) is 34.9 Å². The number of hydrogen-bond acceptors (Lipinski definition) is 2. The van der Waals surface area contributed by atoms with Crippen LogP contribution in [0.25, 0.3) is 5.57 Å². The molecule has 0 aromatic heterocycles. The van der Waals surface area contributed by atoms with Gasteiger partial charge in [0, 0.05) is 17.1 Å². The number of rotatable bonds is 1. The Hall–Kier alpha value is -0.990. The monoisotopic (exact) mass is 195 g/mol. The highest BCUT2D eigenvalue weighted by Gasteiger charge is 2.12. The molecule has 1 aliphatic heterocycles. The molecule has 68 valence electrons. The lowest BCUT2D eigenvalue weighted by Gasteiger charge is -2.17. The average Bonchev–Trinajstić information content (AvgIpc) is 2.16. The molecule has 0 amide bonds. The van der Waals surface area contributed by atoms with E-state index in [1.54, 1.807) is 0 Å². The molecule has 2 N–H and O–H groups in total. The third-order valence-corrected chi connectivity index (χ3v) is 2.31. The van der Waals surface area contributed by atoms with Gasteiger partial charge in [0.05, 0.1) is 0 Å². The Balaban J connectivity index is 2.49. The number of benzene rings is 1. The molecule has 2 nitrogen and oxygen atoms in total. The maximum absolute atomic E-state index is 5.84. The normalized spacial score (nSPS) is 14.5. The van der Waals surface area contributed by atoms with Gasteiger partial charge in [-0.1, -0.05) is 11.6 Å². The van der Waals surface area contributed by atoms with E-state index in [-0.39, 0.29) is 0 Å². The van der Waals surface area contributed by atoms with Gasteiger partial charge in [-0.2, -0.15) is 0 Å². The molecular weight excluding hydrogens is 186 g/mol. The molecule has 0 radical (unpaired) electrons. The largest absolute Gasteiger partial charge is 0.489 e. The molecule has 0 unspecified atom stereocenters. The molecule has 0 bridgehead atoms. The van der Waals surface area contributed by atoms with Crippen molar-refractivity contribution in [2.24, 2.45) is 5.73 Å². The summed E-state index contributed by atoms with van der Waals surface area (Å²) < 4.78 is 5.42. The predicted octanol–water partition coefficient (Wildman–Crippen LogP) is 2.07. The van der Waals surface area contributed by atoms with Gasteiger partial charge < -0.3 is 10.5 Å². The van der Waals surface area contributed by atoms with Gasteiger partial charge in [0.15, 0.2) is 0 Å². The van der Waals surface area contributed by atoms with E-state index in [2.05, 4.69) is 0 Å². The van der Waals surface area contributed by atoms with Crippen molar-refractivity contribution in [3.8, 4) is 5.75 Å². The first-order valence-electron chi connectivity index (χ1n) is 4.13. The zero-order chi connectivity index (χ0) is 9.26. The summed E-state index contributed by atoms with van der Waals surface area (Å²) in [6.45, 7) is 1.12. The topological polar surface area (TPSA) is 35.2 Å². The fraction of sp³-hybridized carbons (Fsp3) is 0.200. The second-order valence-electron chi connectivity index (χ2n) is 2.88. The first-order valence-corrected chi connectivity index (χ1v) is 4.51. The average molecular weight is 196 g/mol. The van der Waals surface area contributed by atoms with Crippen LogP contribution in [-0.2, 0) is 0 Å². The molecular formula is C10H10ClNO. The lowest BCUT2D eigenvalue weighted by Crippen LogP contribution is -2.10. The Morgan fingerprint density at radius 3 is 3.08 bits per heavy atom. The van der Waals surface area contributed by atoms with Crippen LogP contribution in [0.4, 0.5) is 0 Å². The van der Waals surface area contributed by atoms with Gasteiger partial charge in [0.1, 0.15) is 12.4 Å². The van der Waals surface area contributed by atoms with Crippen LogP contribution < -0.4 is 10.5 Å². The minimum absolute atomic E-state index is 0.540. The summed E-state index contributed by atoms with van der Waals surface area (Å²) in [4.78, 5) is 0. The first kappa shape index (κ1) is 8.60. The molecule has 0 atom stereocenters. The minimum atomic E-state index is 0.540. The van der Waals surface area contributed by atoms with Gasteiger partial charge in [0.2, 0.25) is 0 Å². The Morgan fingerprint density at radius 1 is 1.46 bits per heavy atom.